The Bertz CT molecular complexity index is 443. The zero-order valence-corrected chi connectivity index (χ0v) is 11.7. The number of benzene rings is 1. The maximum atomic E-state index is 11.6. The Kier molecular flexibility index (Phi) is 6.14. The standard InChI is InChI=1S/C13H15BrO5/c14-7-11(16)13(19)9-3-1-8(2-4-9)10(15)5-6-12(17)18/h1-4,11,13,16,19H,5-7H2,(H,17,18). The molecule has 0 aliphatic carbocycles. The maximum absolute atomic E-state index is 11.6. The van der Waals surface area contributed by atoms with Crippen LogP contribution in [0.4, 0.5) is 0 Å². The number of hydrogen-bond donors (Lipinski definition) is 3. The number of carbonyl (C=O) groups excluding carboxylic acids is 1. The van der Waals surface area contributed by atoms with Crippen molar-refractivity contribution in [3.63, 3.8) is 0 Å². The molecule has 6 heteroatoms. The number of alkyl halides is 1. The molecule has 5 nitrogen and oxygen atoms in total. The Morgan fingerprint density at radius 1 is 1.11 bits per heavy atom. The van der Waals surface area contributed by atoms with Crippen LogP contribution in [0.2, 0.25) is 0 Å². The minimum atomic E-state index is -1.03. The van der Waals surface area contributed by atoms with Crippen molar-refractivity contribution in [1.82, 2.24) is 0 Å². The molecule has 0 aliphatic rings. The van der Waals surface area contributed by atoms with Crippen molar-refractivity contribution in [2.24, 2.45) is 0 Å². The quantitative estimate of drug-likeness (QED) is 0.520. The number of Topliss-reactive ketones (excluding diaryl/α,β-unsaturated/α-hetero) is 1. The number of halogens is 1. The van der Waals surface area contributed by atoms with Crippen LogP contribution in [0.1, 0.15) is 34.9 Å². The summed E-state index contributed by atoms with van der Waals surface area (Å²) in [7, 11) is 0. The van der Waals surface area contributed by atoms with Crippen LogP contribution in [0, 0.1) is 0 Å². The molecule has 1 rings (SSSR count). The highest BCUT2D eigenvalue weighted by atomic mass is 79.9. The minimum Gasteiger partial charge on any atom is -0.481 e. The molecule has 1 aromatic rings. The first-order valence-corrected chi connectivity index (χ1v) is 6.85. The Morgan fingerprint density at radius 2 is 1.68 bits per heavy atom. The number of carboxylic acids is 1. The fourth-order valence-electron chi connectivity index (χ4n) is 1.54. The number of carboxylic acid groups (broad SMARTS) is 1. The van der Waals surface area contributed by atoms with Crippen molar-refractivity contribution in [2.45, 2.75) is 25.0 Å². The first-order valence-electron chi connectivity index (χ1n) is 5.72. The number of rotatable bonds is 7. The van der Waals surface area contributed by atoms with Gasteiger partial charge in [-0.15, -0.1) is 0 Å². The van der Waals surface area contributed by atoms with E-state index in [2.05, 4.69) is 15.9 Å². The van der Waals surface area contributed by atoms with Gasteiger partial charge in [-0.05, 0) is 5.56 Å². The summed E-state index contributed by atoms with van der Waals surface area (Å²) in [5.41, 5.74) is 0.896. The lowest BCUT2D eigenvalue weighted by atomic mass is 10.0. The van der Waals surface area contributed by atoms with Crippen LogP contribution in [0.3, 0.4) is 0 Å². The number of carbonyl (C=O) groups is 2. The lowest BCUT2D eigenvalue weighted by Crippen LogP contribution is -2.19. The van der Waals surface area contributed by atoms with E-state index in [0.29, 0.717) is 11.1 Å². The molecule has 0 heterocycles. The van der Waals surface area contributed by atoms with Gasteiger partial charge in [-0.2, -0.15) is 0 Å². The number of aliphatic hydroxyl groups is 2. The highest BCUT2D eigenvalue weighted by Crippen LogP contribution is 2.19. The molecule has 0 aromatic heterocycles. The van der Waals surface area contributed by atoms with Crippen LogP contribution in [0.25, 0.3) is 0 Å². The molecule has 0 saturated carbocycles. The van der Waals surface area contributed by atoms with Gasteiger partial charge in [0.1, 0.15) is 6.10 Å². The van der Waals surface area contributed by atoms with Crippen molar-refractivity contribution in [3.05, 3.63) is 35.4 Å². The van der Waals surface area contributed by atoms with E-state index >= 15 is 0 Å². The third kappa shape index (κ3) is 4.74. The van der Waals surface area contributed by atoms with E-state index in [4.69, 9.17) is 5.11 Å². The van der Waals surface area contributed by atoms with Gasteiger partial charge >= 0.3 is 5.97 Å². The van der Waals surface area contributed by atoms with Gasteiger partial charge in [-0.3, -0.25) is 9.59 Å². The lowest BCUT2D eigenvalue weighted by Gasteiger charge is -2.15. The van der Waals surface area contributed by atoms with Crippen LogP contribution >= 0.6 is 15.9 Å². The molecule has 0 saturated heterocycles. The van der Waals surface area contributed by atoms with Crippen LogP contribution in [-0.4, -0.2) is 38.5 Å². The van der Waals surface area contributed by atoms with Crippen LogP contribution in [-0.2, 0) is 4.79 Å². The normalized spacial score (nSPS) is 13.8. The Labute approximate surface area is 119 Å². The lowest BCUT2D eigenvalue weighted by molar-refractivity contribution is -0.136. The Balaban J connectivity index is 2.70. The number of aliphatic carboxylic acids is 1. The summed E-state index contributed by atoms with van der Waals surface area (Å²) in [6, 6.07) is 6.13. The Hall–Kier alpha value is -1.24. The summed E-state index contributed by atoms with van der Waals surface area (Å²) < 4.78 is 0. The average molecular weight is 331 g/mol. The number of hydrogen-bond acceptors (Lipinski definition) is 4. The minimum absolute atomic E-state index is 0.0543. The molecule has 0 aliphatic heterocycles. The van der Waals surface area contributed by atoms with Gasteiger partial charge in [0.05, 0.1) is 12.5 Å². The summed E-state index contributed by atoms with van der Waals surface area (Å²) in [5.74, 6) is -1.27. The third-order valence-corrected chi connectivity index (χ3v) is 3.33. The molecule has 104 valence electrons. The summed E-state index contributed by atoms with van der Waals surface area (Å²) in [6.45, 7) is 0. The first-order chi connectivity index (χ1) is 8.95. The predicted octanol–water partition coefficient (Wildman–Crippen LogP) is 1.52. The molecule has 19 heavy (non-hydrogen) atoms. The van der Waals surface area contributed by atoms with Gasteiger partial charge in [0.25, 0.3) is 0 Å². The molecule has 2 unspecified atom stereocenters. The smallest absolute Gasteiger partial charge is 0.303 e. The van der Waals surface area contributed by atoms with Gasteiger partial charge in [-0.25, -0.2) is 0 Å². The van der Waals surface area contributed by atoms with E-state index in [0.717, 1.165) is 0 Å². The SMILES string of the molecule is O=C(O)CCC(=O)c1ccc(C(O)C(O)CBr)cc1. The van der Waals surface area contributed by atoms with E-state index in [9.17, 15) is 19.8 Å². The van der Waals surface area contributed by atoms with Gasteiger partial charge in [-0.1, -0.05) is 40.2 Å². The summed E-state index contributed by atoms with van der Waals surface area (Å²) in [4.78, 5) is 22.0. The van der Waals surface area contributed by atoms with Crippen molar-refractivity contribution in [2.75, 3.05) is 5.33 Å². The van der Waals surface area contributed by atoms with Crippen LogP contribution in [0.5, 0.6) is 0 Å². The van der Waals surface area contributed by atoms with Crippen LogP contribution in [0.15, 0.2) is 24.3 Å². The largest absolute Gasteiger partial charge is 0.481 e. The maximum Gasteiger partial charge on any atom is 0.303 e. The van der Waals surface area contributed by atoms with Gasteiger partial charge in [0.15, 0.2) is 5.78 Å². The highest BCUT2D eigenvalue weighted by molar-refractivity contribution is 9.09. The fourth-order valence-corrected chi connectivity index (χ4v) is 1.89. The second-order valence-electron chi connectivity index (χ2n) is 4.11. The summed E-state index contributed by atoms with van der Waals surface area (Å²) >= 11 is 3.06. The fraction of sp³-hybridized carbons (Fsp3) is 0.385. The molecular weight excluding hydrogens is 316 g/mol. The molecule has 0 radical (unpaired) electrons. The van der Waals surface area contributed by atoms with E-state index in [-0.39, 0.29) is 24.0 Å². The second kappa shape index (κ2) is 7.37. The molecule has 3 N–H and O–H groups in total. The molecule has 0 bridgehead atoms. The second-order valence-corrected chi connectivity index (χ2v) is 4.75. The average Bonchev–Trinajstić information content (AvgIpc) is 2.43. The van der Waals surface area contributed by atoms with Gasteiger partial charge < -0.3 is 15.3 Å². The highest BCUT2D eigenvalue weighted by Gasteiger charge is 2.17. The molecular formula is C13H15BrO5. The van der Waals surface area contributed by atoms with E-state index in [1.54, 1.807) is 12.1 Å². The molecule has 0 amide bonds. The van der Waals surface area contributed by atoms with Gasteiger partial charge in [0.2, 0.25) is 0 Å². The number of aliphatic hydroxyl groups excluding tert-OH is 2. The molecule has 1 aromatic carbocycles. The van der Waals surface area contributed by atoms with Crippen molar-refractivity contribution in [3.8, 4) is 0 Å². The third-order valence-electron chi connectivity index (χ3n) is 2.66. The van der Waals surface area contributed by atoms with E-state index in [1.165, 1.54) is 12.1 Å². The molecule has 0 spiro atoms. The summed E-state index contributed by atoms with van der Waals surface area (Å²) in [6.07, 6.45) is -2.21. The van der Waals surface area contributed by atoms with Crippen molar-refractivity contribution in [1.29, 1.82) is 0 Å². The predicted molar refractivity (Wildman–Crippen MR) is 72.4 cm³/mol. The zero-order valence-electron chi connectivity index (χ0n) is 10.1. The van der Waals surface area contributed by atoms with E-state index in [1.807, 2.05) is 0 Å². The monoisotopic (exact) mass is 330 g/mol. The molecule has 0 fully saturated rings. The van der Waals surface area contributed by atoms with E-state index < -0.39 is 18.2 Å². The van der Waals surface area contributed by atoms with Crippen molar-refractivity contribution >= 4 is 27.7 Å². The van der Waals surface area contributed by atoms with Gasteiger partial charge in [0, 0.05) is 17.3 Å². The topological polar surface area (TPSA) is 94.8 Å². The molecule has 2 atom stereocenters. The first kappa shape index (κ1) is 15.8. The zero-order chi connectivity index (χ0) is 14.4. The Morgan fingerprint density at radius 3 is 2.16 bits per heavy atom. The van der Waals surface area contributed by atoms with Crippen LogP contribution < -0.4 is 0 Å². The van der Waals surface area contributed by atoms with Crippen molar-refractivity contribution < 1.29 is 24.9 Å². The summed E-state index contributed by atoms with van der Waals surface area (Å²) in [5, 5.41) is 28.0. The number of ketones is 1.